The number of carbonyl (C=O) groups excluding carboxylic acids is 1. The molecular weight excluding hydrogens is 262 g/mol. The predicted octanol–water partition coefficient (Wildman–Crippen LogP) is 1.30. The van der Waals surface area contributed by atoms with Crippen LogP contribution in [0.15, 0.2) is 18.2 Å². The minimum Gasteiger partial charge on any atom is -0.481 e. The fraction of sp³-hybridized carbons (Fsp3) is 0.357. The van der Waals surface area contributed by atoms with Gasteiger partial charge in [-0.3, -0.25) is 14.4 Å². The van der Waals surface area contributed by atoms with Crippen molar-refractivity contribution in [3.05, 3.63) is 34.9 Å². The second-order valence-corrected chi connectivity index (χ2v) is 4.56. The van der Waals surface area contributed by atoms with Gasteiger partial charge in [0.1, 0.15) is 6.54 Å². The molecular formula is C14H17NO5. The maximum absolute atomic E-state index is 12.2. The Bertz CT molecular complexity index is 538. The first-order valence-corrected chi connectivity index (χ1v) is 6.11. The quantitative estimate of drug-likeness (QED) is 0.818. The number of amides is 1. The standard InChI is InChI=1S/C14H17NO5/c1-9-3-4-11(7-10(9)2)14(20)15(8-13(18)19)6-5-12(16)17/h3-4,7H,5-6,8H2,1-2H3,(H,16,17)(H,18,19). The lowest BCUT2D eigenvalue weighted by Gasteiger charge is -2.20. The molecule has 0 fully saturated rings. The lowest BCUT2D eigenvalue weighted by molar-refractivity contribution is -0.140. The summed E-state index contributed by atoms with van der Waals surface area (Å²) in [6, 6.07) is 5.06. The number of nitrogens with zero attached hydrogens (tertiary/aromatic N) is 1. The van der Waals surface area contributed by atoms with Gasteiger partial charge in [0, 0.05) is 12.1 Å². The number of hydrogen-bond acceptors (Lipinski definition) is 3. The van der Waals surface area contributed by atoms with Gasteiger partial charge in [0.15, 0.2) is 0 Å². The number of carboxylic acids is 2. The van der Waals surface area contributed by atoms with Crippen LogP contribution in [0.2, 0.25) is 0 Å². The molecule has 108 valence electrons. The fourth-order valence-corrected chi connectivity index (χ4v) is 1.70. The summed E-state index contributed by atoms with van der Waals surface area (Å²) >= 11 is 0. The van der Waals surface area contributed by atoms with Crippen LogP contribution in [0.1, 0.15) is 27.9 Å². The van der Waals surface area contributed by atoms with E-state index in [1.54, 1.807) is 18.2 Å². The van der Waals surface area contributed by atoms with Crippen molar-refractivity contribution in [2.24, 2.45) is 0 Å². The molecule has 0 aliphatic heterocycles. The average Bonchev–Trinajstić information content (AvgIpc) is 2.36. The van der Waals surface area contributed by atoms with Crippen molar-refractivity contribution in [3.8, 4) is 0 Å². The highest BCUT2D eigenvalue weighted by molar-refractivity contribution is 5.96. The minimum absolute atomic E-state index is 0.132. The molecule has 1 amide bonds. The Kier molecular flexibility index (Phi) is 5.25. The van der Waals surface area contributed by atoms with E-state index in [0.717, 1.165) is 16.0 Å². The Labute approximate surface area is 116 Å². The third kappa shape index (κ3) is 4.38. The highest BCUT2D eigenvalue weighted by Gasteiger charge is 2.19. The molecule has 6 heteroatoms. The zero-order valence-electron chi connectivity index (χ0n) is 11.4. The van der Waals surface area contributed by atoms with Gasteiger partial charge in [0.25, 0.3) is 5.91 Å². The molecule has 6 nitrogen and oxygen atoms in total. The van der Waals surface area contributed by atoms with Crippen LogP contribution in [-0.4, -0.2) is 46.0 Å². The molecule has 0 saturated heterocycles. The molecule has 20 heavy (non-hydrogen) atoms. The second kappa shape index (κ2) is 6.70. The number of carboxylic acid groups (broad SMARTS) is 2. The van der Waals surface area contributed by atoms with E-state index in [4.69, 9.17) is 10.2 Å². The van der Waals surface area contributed by atoms with E-state index < -0.39 is 24.4 Å². The Morgan fingerprint density at radius 1 is 1.05 bits per heavy atom. The zero-order valence-corrected chi connectivity index (χ0v) is 11.4. The Morgan fingerprint density at radius 2 is 1.70 bits per heavy atom. The van der Waals surface area contributed by atoms with Gasteiger partial charge in [-0.05, 0) is 37.1 Å². The normalized spacial score (nSPS) is 10.1. The molecule has 0 spiro atoms. The van der Waals surface area contributed by atoms with Crippen molar-refractivity contribution < 1.29 is 24.6 Å². The SMILES string of the molecule is Cc1ccc(C(=O)N(CCC(=O)O)CC(=O)O)cc1C. The maximum Gasteiger partial charge on any atom is 0.323 e. The first kappa shape index (κ1) is 15.7. The summed E-state index contributed by atoms with van der Waals surface area (Å²) in [5.41, 5.74) is 2.31. The van der Waals surface area contributed by atoms with E-state index in [9.17, 15) is 14.4 Å². The Hall–Kier alpha value is -2.37. The summed E-state index contributed by atoms with van der Waals surface area (Å²) in [5.74, 6) is -2.72. The zero-order chi connectivity index (χ0) is 15.3. The third-order valence-corrected chi connectivity index (χ3v) is 2.96. The number of benzene rings is 1. The van der Waals surface area contributed by atoms with Crippen LogP contribution in [0.4, 0.5) is 0 Å². The van der Waals surface area contributed by atoms with Gasteiger partial charge in [-0.2, -0.15) is 0 Å². The lowest BCUT2D eigenvalue weighted by Crippen LogP contribution is -2.37. The molecule has 0 heterocycles. The number of aryl methyl sites for hydroxylation is 2. The molecule has 1 aromatic carbocycles. The summed E-state index contributed by atoms with van der Waals surface area (Å²) in [6.45, 7) is 3.11. The van der Waals surface area contributed by atoms with Crippen molar-refractivity contribution in [2.45, 2.75) is 20.3 Å². The molecule has 0 unspecified atom stereocenters. The molecule has 0 radical (unpaired) electrons. The highest BCUT2D eigenvalue weighted by atomic mass is 16.4. The van der Waals surface area contributed by atoms with Crippen molar-refractivity contribution in [3.63, 3.8) is 0 Å². The van der Waals surface area contributed by atoms with E-state index >= 15 is 0 Å². The Balaban J connectivity index is 2.93. The predicted molar refractivity (Wildman–Crippen MR) is 71.7 cm³/mol. The summed E-state index contributed by atoms with van der Waals surface area (Å²) in [4.78, 5) is 34.6. The van der Waals surface area contributed by atoms with E-state index in [2.05, 4.69) is 0 Å². The summed E-state index contributed by atoms with van der Waals surface area (Å²) < 4.78 is 0. The Morgan fingerprint density at radius 3 is 2.20 bits per heavy atom. The van der Waals surface area contributed by atoms with E-state index in [1.807, 2.05) is 13.8 Å². The van der Waals surface area contributed by atoms with E-state index in [0.29, 0.717) is 5.56 Å². The molecule has 0 aliphatic carbocycles. The van der Waals surface area contributed by atoms with E-state index in [1.165, 1.54) is 0 Å². The van der Waals surface area contributed by atoms with Crippen molar-refractivity contribution in [2.75, 3.05) is 13.1 Å². The molecule has 0 saturated carbocycles. The number of hydrogen-bond donors (Lipinski definition) is 2. The van der Waals surface area contributed by atoms with Crippen LogP contribution in [0, 0.1) is 13.8 Å². The highest BCUT2D eigenvalue weighted by Crippen LogP contribution is 2.12. The van der Waals surface area contributed by atoms with Crippen molar-refractivity contribution in [1.82, 2.24) is 4.90 Å². The first-order valence-electron chi connectivity index (χ1n) is 6.11. The number of carbonyl (C=O) groups is 3. The topological polar surface area (TPSA) is 94.9 Å². The van der Waals surface area contributed by atoms with Crippen LogP contribution in [0.3, 0.4) is 0 Å². The molecule has 0 aliphatic rings. The average molecular weight is 279 g/mol. The van der Waals surface area contributed by atoms with Crippen LogP contribution in [-0.2, 0) is 9.59 Å². The smallest absolute Gasteiger partial charge is 0.323 e. The summed E-state index contributed by atoms with van der Waals surface area (Å²) in [5, 5.41) is 17.4. The number of rotatable bonds is 6. The van der Waals surface area contributed by atoms with Gasteiger partial charge >= 0.3 is 11.9 Å². The van der Waals surface area contributed by atoms with Gasteiger partial charge in [0.2, 0.25) is 0 Å². The van der Waals surface area contributed by atoms with Gasteiger partial charge in [-0.25, -0.2) is 0 Å². The van der Waals surface area contributed by atoms with E-state index in [-0.39, 0.29) is 13.0 Å². The first-order chi connectivity index (χ1) is 9.31. The van der Waals surface area contributed by atoms with Gasteiger partial charge in [-0.15, -0.1) is 0 Å². The van der Waals surface area contributed by atoms with Gasteiger partial charge in [0.05, 0.1) is 6.42 Å². The fourth-order valence-electron chi connectivity index (χ4n) is 1.70. The van der Waals surface area contributed by atoms with Crippen molar-refractivity contribution in [1.29, 1.82) is 0 Å². The third-order valence-electron chi connectivity index (χ3n) is 2.96. The maximum atomic E-state index is 12.2. The lowest BCUT2D eigenvalue weighted by atomic mass is 10.1. The molecule has 0 atom stereocenters. The van der Waals surface area contributed by atoms with Gasteiger partial charge in [-0.1, -0.05) is 6.07 Å². The molecule has 0 aromatic heterocycles. The molecule has 0 bridgehead atoms. The number of aliphatic carboxylic acids is 2. The van der Waals surface area contributed by atoms with Crippen LogP contribution < -0.4 is 0 Å². The molecule has 1 rings (SSSR count). The second-order valence-electron chi connectivity index (χ2n) is 4.56. The summed E-state index contributed by atoms with van der Waals surface area (Å²) in [7, 11) is 0. The largest absolute Gasteiger partial charge is 0.481 e. The minimum atomic E-state index is -1.17. The van der Waals surface area contributed by atoms with Crippen molar-refractivity contribution >= 4 is 17.8 Å². The molecule has 1 aromatic rings. The van der Waals surface area contributed by atoms with Crippen LogP contribution in [0.5, 0.6) is 0 Å². The van der Waals surface area contributed by atoms with Crippen LogP contribution in [0.25, 0.3) is 0 Å². The monoisotopic (exact) mass is 279 g/mol. The van der Waals surface area contributed by atoms with Crippen LogP contribution >= 0.6 is 0 Å². The summed E-state index contributed by atoms with van der Waals surface area (Å²) in [6.07, 6.45) is -0.288. The molecule has 2 N–H and O–H groups in total. The van der Waals surface area contributed by atoms with Gasteiger partial charge < -0.3 is 15.1 Å².